The highest BCUT2D eigenvalue weighted by Gasteiger charge is 2.33. The van der Waals surface area contributed by atoms with Gasteiger partial charge in [-0.3, -0.25) is 4.79 Å². The smallest absolute Gasteiger partial charge is 0.165 e. The van der Waals surface area contributed by atoms with Crippen LogP contribution in [0.3, 0.4) is 0 Å². The van der Waals surface area contributed by atoms with E-state index in [1.165, 1.54) is 18.5 Å². The van der Waals surface area contributed by atoms with Gasteiger partial charge in [0.05, 0.1) is 6.10 Å². The van der Waals surface area contributed by atoms with Gasteiger partial charge in [0.15, 0.2) is 5.78 Å². The number of aromatic nitrogens is 1. The fraction of sp³-hybridized carbons (Fsp3) is 0.688. The lowest BCUT2D eigenvalue weighted by atomic mass is 9.76. The second kappa shape index (κ2) is 4.78. The van der Waals surface area contributed by atoms with Crippen LogP contribution >= 0.6 is 0 Å². The number of nitrogens with zero attached hydrogens (tertiary/aromatic N) is 1. The zero-order valence-electron chi connectivity index (χ0n) is 11.9. The predicted molar refractivity (Wildman–Crippen MR) is 74.5 cm³/mol. The number of rotatable bonds is 3. The van der Waals surface area contributed by atoms with Gasteiger partial charge in [-0.25, -0.2) is 0 Å². The Morgan fingerprint density at radius 2 is 2.26 bits per heavy atom. The maximum atomic E-state index is 12.1. The van der Waals surface area contributed by atoms with Crippen LogP contribution in [0.2, 0.25) is 0 Å². The second-order valence-corrected chi connectivity index (χ2v) is 6.73. The Bertz CT molecular complexity index is 481. The Morgan fingerprint density at radius 3 is 3.00 bits per heavy atom. The molecule has 1 aromatic heterocycles. The number of fused-ring (bicyclic) bond motifs is 1. The molecule has 1 aliphatic carbocycles. The Balaban J connectivity index is 1.75. The summed E-state index contributed by atoms with van der Waals surface area (Å²) in [5, 5.41) is 0. The largest absolute Gasteiger partial charge is 0.378 e. The highest BCUT2D eigenvalue weighted by Crippen LogP contribution is 2.35. The van der Waals surface area contributed by atoms with Crippen LogP contribution in [0.1, 0.15) is 55.6 Å². The predicted octanol–water partition coefficient (Wildman–Crippen LogP) is 3.21. The Labute approximate surface area is 114 Å². The average Bonchev–Trinajstić information content (AvgIpc) is 2.93. The lowest BCUT2D eigenvalue weighted by Crippen LogP contribution is -2.28. The fourth-order valence-corrected chi connectivity index (χ4v) is 3.37. The summed E-state index contributed by atoms with van der Waals surface area (Å²) in [7, 11) is 0. The van der Waals surface area contributed by atoms with Gasteiger partial charge >= 0.3 is 0 Å². The summed E-state index contributed by atoms with van der Waals surface area (Å²) < 4.78 is 7.95. The standard InChI is InChI=1S/C16H23NO2/c1-16(2)10-14-13(15(18)11-16)6-8-17(14)7-5-12-4-3-9-19-12/h6,8,12H,3-5,7,9-11H2,1-2H3. The molecule has 0 aromatic carbocycles. The first-order chi connectivity index (χ1) is 9.05. The first-order valence-electron chi connectivity index (χ1n) is 7.38. The van der Waals surface area contributed by atoms with Crippen LogP contribution in [0.4, 0.5) is 0 Å². The maximum Gasteiger partial charge on any atom is 0.165 e. The summed E-state index contributed by atoms with van der Waals surface area (Å²) in [6, 6.07) is 2.00. The van der Waals surface area contributed by atoms with Gasteiger partial charge in [0.25, 0.3) is 0 Å². The number of hydrogen-bond donors (Lipinski definition) is 0. The Hall–Kier alpha value is -1.09. The maximum absolute atomic E-state index is 12.1. The third-order valence-corrected chi connectivity index (χ3v) is 4.38. The molecule has 2 heterocycles. The summed E-state index contributed by atoms with van der Waals surface area (Å²) in [4.78, 5) is 12.1. The monoisotopic (exact) mass is 261 g/mol. The summed E-state index contributed by atoms with van der Waals surface area (Å²) in [5.41, 5.74) is 2.29. The number of ketones is 1. The van der Waals surface area contributed by atoms with Crippen molar-refractivity contribution in [2.75, 3.05) is 6.61 Å². The molecule has 3 heteroatoms. The minimum Gasteiger partial charge on any atom is -0.378 e. The number of carbonyl (C=O) groups is 1. The highest BCUT2D eigenvalue weighted by atomic mass is 16.5. The first-order valence-corrected chi connectivity index (χ1v) is 7.38. The molecule has 19 heavy (non-hydrogen) atoms. The molecule has 0 saturated carbocycles. The number of aryl methyl sites for hydroxylation is 1. The van der Waals surface area contributed by atoms with E-state index in [-0.39, 0.29) is 5.41 Å². The van der Waals surface area contributed by atoms with Gasteiger partial charge in [0, 0.05) is 37.0 Å². The molecule has 1 fully saturated rings. The summed E-state index contributed by atoms with van der Waals surface area (Å²) in [5.74, 6) is 0.308. The summed E-state index contributed by atoms with van der Waals surface area (Å²) in [6.45, 7) is 6.26. The molecule has 1 atom stereocenters. The molecule has 3 rings (SSSR count). The van der Waals surface area contributed by atoms with Crippen molar-refractivity contribution < 1.29 is 9.53 Å². The molecule has 104 valence electrons. The highest BCUT2D eigenvalue weighted by molar-refractivity contribution is 5.98. The van der Waals surface area contributed by atoms with Gasteiger partial charge in [-0.15, -0.1) is 0 Å². The SMILES string of the molecule is CC1(C)CC(=O)c2ccn(CCC3CCCO3)c2C1. The molecule has 1 aromatic rings. The van der Waals surface area contributed by atoms with E-state index in [1.54, 1.807) is 0 Å². The van der Waals surface area contributed by atoms with Gasteiger partial charge < -0.3 is 9.30 Å². The first kappa shape index (κ1) is 12.9. The van der Waals surface area contributed by atoms with Crippen molar-refractivity contribution >= 4 is 5.78 Å². The zero-order chi connectivity index (χ0) is 13.5. The molecule has 2 aliphatic rings. The average molecular weight is 261 g/mol. The fourth-order valence-electron chi connectivity index (χ4n) is 3.37. The summed E-state index contributed by atoms with van der Waals surface area (Å²) >= 11 is 0. The van der Waals surface area contributed by atoms with Crippen LogP contribution in [0, 0.1) is 5.41 Å². The molecular formula is C16H23NO2. The Kier molecular flexibility index (Phi) is 3.25. The minimum absolute atomic E-state index is 0.101. The molecule has 1 saturated heterocycles. The van der Waals surface area contributed by atoms with Gasteiger partial charge in [0.2, 0.25) is 0 Å². The van der Waals surface area contributed by atoms with E-state index < -0.39 is 0 Å². The van der Waals surface area contributed by atoms with E-state index in [4.69, 9.17) is 4.74 Å². The van der Waals surface area contributed by atoms with Gasteiger partial charge in [0.1, 0.15) is 0 Å². The molecule has 0 radical (unpaired) electrons. The molecule has 1 aliphatic heterocycles. The van der Waals surface area contributed by atoms with Crippen LogP contribution in [0.15, 0.2) is 12.3 Å². The van der Waals surface area contributed by atoms with E-state index in [1.807, 2.05) is 6.07 Å². The molecule has 0 N–H and O–H groups in total. The van der Waals surface area contributed by atoms with Crippen LogP contribution in [-0.2, 0) is 17.7 Å². The molecule has 1 unspecified atom stereocenters. The number of ether oxygens (including phenoxy) is 1. The molecule has 0 amide bonds. The second-order valence-electron chi connectivity index (χ2n) is 6.73. The lowest BCUT2D eigenvalue weighted by Gasteiger charge is -2.29. The number of hydrogen-bond acceptors (Lipinski definition) is 2. The third kappa shape index (κ3) is 2.62. The van der Waals surface area contributed by atoms with Crippen LogP contribution < -0.4 is 0 Å². The van der Waals surface area contributed by atoms with Gasteiger partial charge in [-0.05, 0) is 37.2 Å². The van der Waals surface area contributed by atoms with Crippen LogP contribution in [-0.4, -0.2) is 23.1 Å². The van der Waals surface area contributed by atoms with Crippen molar-refractivity contribution in [3.05, 3.63) is 23.5 Å². The topological polar surface area (TPSA) is 31.2 Å². The quantitative estimate of drug-likeness (QED) is 0.836. The van der Waals surface area contributed by atoms with E-state index in [0.717, 1.165) is 31.6 Å². The lowest BCUT2D eigenvalue weighted by molar-refractivity contribution is 0.0907. The van der Waals surface area contributed by atoms with Crippen LogP contribution in [0.5, 0.6) is 0 Å². The minimum atomic E-state index is 0.101. The third-order valence-electron chi connectivity index (χ3n) is 4.38. The van der Waals surface area contributed by atoms with Crippen molar-refractivity contribution in [2.24, 2.45) is 5.41 Å². The molecule has 3 nitrogen and oxygen atoms in total. The van der Waals surface area contributed by atoms with E-state index in [0.29, 0.717) is 18.3 Å². The molecular weight excluding hydrogens is 238 g/mol. The van der Waals surface area contributed by atoms with Crippen molar-refractivity contribution in [3.8, 4) is 0 Å². The number of carbonyl (C=O) groups excluding carboxylic acids is 1. The van der Waals surface area contributed by atoms with Crippen LogP contribution in [0.25, 0.3) is 0 Å². The van der Waals surface area contributed by atoms with Crippen molar-refractivity contribution in [1.82, 2.24) is 4.57 Å². The number of Topliss-reactive ketones (excluding diaryl/α,β-unsaturated/α-hetero) is 1. The van der Waals surface area contributed by atoms with Gasteiger partial charge in [-0.1, -0.05) is 13.8 Å². The Morgan fingerprint density at radius 1 is 1.42 bits per heavy atom. The van der Waals surface area contributed by atoms with E-state index >= 15 is 0 Å². The van der Waals surface area contributed by atoms with Crippen molar-refractivity contribution in [2.45, 2.75) is 58.6 Å². The van der Waals surface area contributed by atoms with Gasteiger partial charge in [-0.2, -0.15) is 0 Å². The molecule has 0 bridgehead atoms. The van der Waals surface area contributed by atoms with E-state index in [9.17, 15) is 4.79 Å². The van der Waals surface area contributed by atoms with Crippen molar-refractivity contribution in [1.29, 1.82) is 0 Å². The normalized spacial score (nSPS) is 25.6. The molecule has 0 spiro atoms. The van der Waals surface area contributed by atoms with Crippen molar-refractivity contribution in [3.63, 3.8) is 0 Å². The van der Waals surface area contributed by atoms with E-state index in [2.05, 4.69) is 24.6 Å². The summed E-state index contributed by atoms with van der Waals surface area (Å²) in [6.07, 6.45) is 7.63. The zero-order valence-corrected chi connectivity index (χ0v) is 11.9.